The van der Waals surface area contributed by atoms with Crippen LogP contribution in [0.5, 0.6) is 5.75 Å². The molecule has 5 heteroatoms. The third-order valence-electron chi connectivity index (χ3n) is 2.06. The molecule has 0 radical (unpaired) electrons. The fourth-order valence-corrected chi connectivity index (χ4v) is 1.16. The molecular weight excluding hydrogens is 220 g/mol. The van der Waals surface area contributed by atoms with E-state index in [2.05, 4.69) is 10.9 Å². The van der Waals surface area contributed by atoms with E-state index in [0.717, 1.165) is 0 Å². The molecule has 0 spiro atoms. The Morgan fingerprint density at radius 1 is 1.12 bits per heavy atom. The first-order valence-corrected chi connectivity index (χ1v) is 5.49. The topological polar surface area (TPSA) is 67.4 Å². The van der Waals surface area contributed by atoms with Gasteiger partial charge in [0.2, 0.25) is 5.91 Å². The van der Waals surface area contributed by atoms with Crippen molar-refractivity contribution >= 4 is 11.8 Å². The zero-order chi connectivity index (χ0) is 12.7. The van der Waals surface area contributed by atoms with Gasteiger partial charge >= 0.3 is 0 Å². The molecule has 0 aromatic heterocycles. The summed E-state index contributed by atoms with van der Waals surface area (Å²) in [6.07, 6.45) is 0.323. The van der Waals surface area contributed by atoms with Crippen LogP contribution in [0.3, 0.4) is 0 Å². The monoisotopic (exact) mass is 236 g/mol. The maximum absolute atomic E-state index is 11.6. The maximum Gasteiger partial charge on any atom is 0.269 e. The van der Waals surface area contributed by atoms with E-state index in [1.54, 1.807) is 31.2 Å². The molecule has 17 heavy (non-hydrogen) atoms. The Balaban J connectivity index is 2.54. The molecule has 1 rings (SSSR count). The number of ether oxygens (including phenoxy) is 1. The van der Waals surface area contributed by atoms with E-state index in [0.29, 0.717) is 24.3 Å². The van der Waals surface area contributed by atoms with Crippen LogP contribution in [0.1, 0.15) is 30.6 Å². The van der Waals surface area contributed by atoms with Crippen LogP contribution in [0.2, 0.25) is 0 Å². The molecule has 5 nitrogen and oxygen atoms in total. The second-order valence-electron chi connectivity index (χ2n) is 3.31. The number of carbonyl (C=O) groups is 2. The van der Waals surface area contributed by atoms with Crippen molar-refractivity contribution in [3.63, 3.8) is 0 Å². The first-order chi connectivity index (χ1) is 8.17. The van der Waals surface area contributed by atoms with Crippen molar-refractivity contribution in [2.45, 2.75) is 20.3 Å². The fraction of sp³-hybridized carbons (Fsp3) is 0.333. The van der Waals surface area contributed by atoms with Crippen molar-refractivity contribution in [3.8, 4) is 5.75 Å². The molecule has 0 aliphatic heterocycles. The van der Waals surface area contributed by atoms with Gasteiger partial charge in [-0.25, -0.2) is 0 Å². The molecule has 0 heterocycles. The van der Waals surface area contributed by atoms with Crippen molar-refractivity contribution in [1.29, 1.82) is 0 Å². The van der Waals surface area contributed by atoms with Crippen LogP contribution in [-0.2, 0) is 4.79 Å². The van der Waals surface area contributed by atoms with E-state index in [9.17, 15) is 9.59 Å². The Morgan fingerprint density at radius 3 is 2.29 bits per heavy atom. The quantitative estimate of drug-likeness (QED) is 0.773. The van der Waals surface area contributed by atoms with Gasteiger partial charge in [-0.15, -0.1) is 0 Å². The van der Waals surface area contributed by atoms with Crippen LogP contribution in [0.25, 0.3) is 0 Å². The van der Waals surface area contributed by atoms with Gasteiger partial charge in [0.15, 0.2) is 0 Å². The summed E-state index contributed by atoms with van der Waals surface area (Å²) in [7, 11) is 0. The van der Waals surface area contributed by atoms with Crippen molar-refractivity contribution in [2.24, 2.45) is 0 Å². The van der Waals surface area contributed by atoms with Crippen LogP contribution in [0.15, 0.2) is 24.3 Å². The SMILES string of the molecule is CCOc1ccc(C(=O)NNC(=O)CC)cc1. The largest absolute Gasteiger partial charge is 0.494 e. The highest BCUT2D eigenvalue weighted by Gasteiger charge is 2.06. The van der Waals surface area contributed by atoms with Crippen molar-refractivity contribution in [1.82, 2.24) is 10.9 Å². The summed E-state index contributed by atoms with van der Waals surface area (Å²) in [6.45, 7) is 4.18. The first kappa shape index (κ1) is 13.0. The van der Waals surface area contributed by atoms with Gasteiger partial charge < -0.3 is 4.74 Å². The summed E-state index contributed by atoms with van der Waals surface area (Å²) in [5.74, 6) is 0.126. The number of benzene rings is 1. The van der Waals surface area contributed by atoms with E-state index in [1.807, 2.05) is 6.92 Å². The minimum absolute atomic E-state index is 0.232. The highest BCUT2D eigenvalue weighted by atomic mass is 16.5. The van der Waals surface area contributed by atoms with E-state index < -0.39 is 0 Å². The van der Waals surface area contributed by atoms with Gasteiger partial charge in [0.1, 0.15) is 5.75 Å². The summed E-state index contributed by atoms with van der Waals surface area (Å²) in [6, 6.07) is 6.69. The lowest BCUT2D eigenvalue weighted by molar-refractivity contribution is -0.121. The second kappa shape index (κ2) is 6.52. The Hall–Kier alpha value is -2.04. The zero-order valence-electron chi connectivity index (χ0n) is 9.95. The Labute approximate surface area is 100 Å². The minimum atomic E-state index is -0.352. The van der Waals surface area contributed by atoms with Crippen molar-refractivity contribution in [2.75, 3.05) is 6.61 Å². The molecule has 1 aromatic rings. The molecule has 2 amide bonds. The van der Waals surface area contributed by atoms with Gasteiger partial charge in [0.25, 0.3) is 5.91 Å². The lowest BCUT2D eigenvalue weighted by Crippen LogP contribution is -2.41. The molecule has 2 N–H and O–H groups in total. The molecule has 92 valence electrons. The van der Waals surface area contributed by atoms with Crippen molar-refractivity contribution in [3.05, 3.63) is 29.8 Å². The summed E-state index contributed by atoms with van der Waals surface area (Å²) in [5.41, 5.74) is 5.09. The number of hydrogen-bond acceptors (Lipinski definition) is 3. The normalized spacial score (nSPS) is 9.53. The van der Waals surface area contributed by atoms with Gasteiger partial charge in [-0.2, -0.15) is 0 Å². The molecular formula is C12H16N2O3. The highest BCUT2D eigenvalue weighted by molar-refractivity contribution is 5.95. The van der Waals surface area contributed by atoms with Crippen LogP contribution in [-0.4, -0.2) is 18.4 Å². The lowest BCUT2D eigenvalue weighted by atomic mass is 10.2. The number of rotatable bonds is 4. The number of hydrazine groups is 1. The molecule has 0 saturated heterocycles. The molecule has 0 unspecified atom stereocenters. The fourth-order valence-electron chi connectivity index (χ4n) is 1.16. The van der Waals surface area contributed by atoms with Crippen LogP contribution in [0, 0.1) is 0 Å². The van der Waals surface area contributed by atoms with E-state index >= 15 is 0 Å². The molecule has 0 saturated carbocycles. The van der Waals surface area contributed by atoms with E-state index in [-0.39, 0.29) is 11.8 Å². The molecule has 0 aliphatic rings. The van der Waals surface area contributed by atoms with E-state index in [4.69, 9.17) is 4.74 Å². The molecule has 0 aliphatic carbocycles. The maximum atomic E-state index is 11.6. The van der Waals surface area contributed by atoms with Crippen LogP contribution in [0.4, 0.5) is 0 Å². The van der Waals surface area contributed by atoms with Crippen LogP contribution < -0.4 is 15.6 Å². The average Bonchev–Trinajstić information content (AvgIpc) is 2.36. The first-order valence-electron chi connectivity index (χ1n) is 5.49. The number of hydrogen-bond donors (Lipinski definition) is 2. The van der Waals surface area contributed by atoms with Crippen LogP contribution >= 0.6 is 0 Å². The smallest absolute Gasteiger partial charge is 0.269 e. The second-order valence-corrected chi connectivity index (χ2v) is 3.31. The lowest BCUT2D eigenvalue weighted by Gasteiger charge is -2.07. The van der Waals surface area contributed by atoms with Gasteiger partial charge in [-0.1, -0.05) is 6.92 Å². The Kier molecular flexibility index (Phi) is 5.00. The minimum Gasteiger partial charge on any atom is -0.494 e. The summed E-state index contributed by atoms with van der Waals surface area (Å²) >= 11 is 0. The van der Waals surface area contributed by atoms with Gasteiger partial charge in [0, 0.05) is 12.0 Å². The summed E-state index contributed by atoms with van der Waals surface area (Å²) in [5, 5.41) is 0. The molecule has 0 atom stereocenters. The van der Waals surface area contributed by atoms with Gasteiger partial charge in [0.05, 0.1) is 6.61 Å². The van der Waals surface area contributed by atoms with Crippen molar-refractivity contribution < 1.29 is 14.3 Å². The molecule has 0 fully saturated rings. The van der Waals surface area contributed by atoms with E-state index in [1.165, 1.54) is 0 Å². The Morgan fingerprint density at radius 2 is 1.76 bits per heavy atom. The number of nitrogens with one attached hydrogen (secondary N) is 2. The predicted octanol–water partition coefficient (Wildman–Crippen LogP) is 1.26. The summed E-state index contributed by atoms with van der Waals surface area (Å²) in [4.78, 5) is 22.5. The predicted molar refractivity (Wildman–Crippen MR) is 63.5 cm³/mol. The number of carbonyl (C=O) groups excluding carboxylic acids is 2. The third kappa shape index (κ3) is 4.14. The highest BCUT2D eigenvalue weighted by Crippen LogP contribution is 2.11. The standard InChI is InChI=1S/C12H16N2O3/c1-3-11(15)13-14-12(16)9-5-7-10(8-6-9)17-4-2/h5-8H,3-4H2,1-2H3,(H,13,15)(H,14,16). The summed E-state index contributed by atoms with van der Waals surface area (Å²) < 4.78 is 5.25. The van der Waals surface area contributed by atoms with Gasteiger partial charge in [-0.3, -0.25) is 20.4 Å². The average molecular weight is 236 g/mol. The Bertz CT molecular complexity index is 387. The molecule has 0 bridgehead atoms. The zero-order valence-corrected chi connectivity index (χ0v) is 9.95. The van der Waals surface area contributed by atoms with Gasteiger partial charge in [-0.05, 0) is 31.2 Å². The molecule has 1 aromatic carbocycles. The number of amides is 2. The third-order valence-corrected chi connectivity index (χ3v) is 2.06.